The lowest BCUT2D eigenvalue weighted by molar-refractivity contribution is -0.0570. The van der Waals surface area contributed by atoms with Gasteiger partial charge in [0.25, 0.3) is 11.5 Å². The van der Waals surface area contributed by atoms with E-state index < -0.39 is 35.5 Å². The highest BCUT2D eigenvalue weighted by molar-refractivity contribution is 5.94. The molecule has 0 aliphatic heterocycles. The minimum absolute atomic E-state index is 0.348. The summed E-state index contributed by atoms with van der Waals surface area (Å²) in [5.74, 6) is -0.366. The zero-order valence-corrected chi connectivity index (χ0v) is 14.5. The molecule has 1 fully saturated rings. The third-order valence-electron chi connectivity index (χ3n) is 4.91. The van der Waals surface area contributed by atoms with Crippen molar-refractivity contribution in [3.63, 3.8) is 0 Å². The van der Waals surface area contributed by atoms with Gasteiger partial charge in [0.15, 0.2) is 0 Å². The van der Waals surface area contributed by atoms with Crippen LogP contribution in [0.25, 0.3) is 0 Å². The second kappa shape index (κ2) is 7.87. The molecule has 0 saturated heterocycles. The topological polar surface area (TPSA) is 150 Å². The van der Waals surface area contributed by atoms with Crippen molar-refractivity contribution in [3.05, 3.63) is 68.5 Å². The number of aromatic amines is 1. The predicted octanol–water partition coefficient (Wildman–Crippen LogP) is -1.15. The van der Waals surface area contributed by atoms with Gasteiger partial charge >= 0.3 is 5.69 Å². The van der Waals surface area contributed by atoms with Gasteiger partial charge < -0.3 is 21.3 Å². The Bertz CT molecular complexity index is 920. The van der Waals surface area contributed by atoms with Crippen LogP contribution in [0, 0.1) is 0 Å². The summed E-state index contributed by atoms with van der Waals surface area (Å²) in [4.78, 5) is 37.6. The highest BCUT2D eigenvalue weighted by Crippen LogP contribution is 2.28. The second-order valence-corrected chi connectivity index (χ2v) is 6.62. The Balaban J connectivity index is 1.70. The quantitative estimate of drug-likeness (QED) is 0.456. The van der Waals surface area contributed by atoms with Crippen LogP contribution < -0.4 is 22.3 Å². The summed E-state index contributed by atoms with van der Waals surface area (Å²) in [7, 11) is 0. The molecule has 27 heavy (non-hydrogen) atoms. The van der Waals surface area contributed by atoms with E-state index in [1.165, 1.54) is 16.8 Å². The lowest BCUT2D eigenvalue weighted by Crippen LogP contribution is -2.55. The van der Waals surface area contributed by atoms with E-state index in [4.69, 9.17) is 5.73 Å². The molecular formula is C18H22N4O5. The molecule has 1 saturated carbocycles. The molecule has 1 aromatic carbocycles. The summed E-state index contributed by atoms with van der Waals surface area (Å²) >= 11 is 0. The molecule has 1 amide bonds. The second-order valence-electron chi connectivity index (χ2n) is 6.62. The van der Waals surface area contributed by atoms with Gasteiger partial charge in [-0.05, 0) is 30.5 Å². The van der Waals surface area contributed by atoms with Crippen molar-refractivity contribution in [2.45, 2.75) is 43.7 Å². The molecule has 0 unspecified atom stereocenters. The maximum absolute atomic E-state index is 12.4. The molecule has 1 aromatic heterocycles. The van der Waals surface area contributed by atoms with Crippen molar-refractivity contribution in [1.29, 1.82) is 0 Å². The minimum atomic E-state index is -1.27. The number of nitrogens with one attached hydrogen (secondary N) is 2. The maximum Gasteiger partial charge on any atom is 0.328 e. The largest absolute Gasteiger partial charge is 0.388 e. The van der Waals surface area contributed by atoms with Crippen LogP contribution in [0.3, 0.4) is 0 Å². The number of amides is 1. The molecule has 144 valence electrons. The fraction of sp³-hybridized carbons (Fsp3) is 0.389. The first-order valence-electron chi connectivity index (χ1n) is 8.68. The molecule has 1 heterocycles. The Morgan fingerprint density at radius 1 is 1.15 bits per heavy atom. The summed E-state index contributed by atoms with van der Waals surface area (Å²) < 4.78 is 1.19. The van der Waals surface area contributed by atoms with E-state index in [0.29, 0.717) is 24.9 Å². The van der Waals surface area contributed by atoms with Gasteiger partial charge in [0, 0.05) is 24.4 Å². The molecule has 9 heteroatoms. The molecular weight excluding hydrogens is 352 g/mol. The number of aliphatic hydroxyl groups excluding tert-OH is 2. The highest BCUT2D eigenvalue weighted by atomic mass is 16.3. The molecule has 0 radical (unpaired) electrons. The Kier molecular flexibility index (Phi) is 5.54. The van der Waals surface area contributed by atoms with Crippen LogP contribution in [0.4, 0.5) is 0 Å². The first kappa shape index (κ1) is 19.0. The summed E-state index contributed by atoms with van der Waals surface area (Å²) in [5, 5.41) is 23.6. The van der Waals surface area contributed by atoms with Crippen LogP contribution >= 0.6 is 0 Å². The number of nitrogens with two attached hydrogens (primary N) is 1. The van der Waals surface area contributed by atoms with Crippen LogP contribution in [0.2, 0.25) is 0 Å². The molecule has 6 N–H and O–H groups in total. The van der Waals surface area contributed by atoms with Gasteiger partial charge in [-0.3, -0.25) is 19.1 Å². The average Bonchev–Trinajstić information content (AvgIpc) is 2.66. The van der Waals surface area contributed by atoms with Crippen molar-refractivity contribution in [2.24, 2.45) is 5.73 Å². The number of nitrogens with zero attached hydrogens (tertiary/aromatic N) is 1. The van der Waals surface area contributed by atoms with Crippen LogP contribution in [-0.2, 0) is 6.54 Å². The van der Waals surface area contributed by atoms with E-state index >= 15 is 0 Å². The van der Waals surface area contributed by atoms with Crippen LogP contribution in [-0.4, -0.2) is 43.9 Å². The molecule has 0 bridgehead atoms. The Morgan fingerprint density at radius 3 is 2.48 bits per heavy atom. The molecule has 1 aliphatic carbocycles. The molecule has 2 aromatic rings. The predicted molar refractivity (Wildman–Crippen MR) is 97.2 cm³/mol. The first-order chi connectivity index (χ1) is 12.9. The average molecular weight is 374 g/mol. The van der Waals surface area contributed by atoms with E-state index in [1.807, 2.05) is 0 Å². The van der Waals surface area contributed by atoms with Crippen molar-refractivity contribution in [1.82, 2.24) is 14.9 Å². The monoisotopic (exact) mass is 374 g/mol. The summed E-state index contributed by atoms with van der Waals surface area (Å²) in [6, 6.07) is 6.62. The SMILES string of the molecule is NCc1ccc(C(=O)N[C@@H]2CC[C@@H](n3ccc(=O)[nH]c3=O)[C@H](O)[C@@H]2O)cc1. The van der Waals surface area contributed by atoms with Crippen LogP contribution in [0.1, 0.15) is 34.8 Å². The number of benzene rings is 1. The maximum atomic E-state index is 12.4. The number of carbonyl (C=O) groups is 1. The van der Waals surface area contributed by atoms with Gasteiger partial charge in [-0.2, -0.15) is 0 Å². The Hall–Kier alpha value is -2.75. The third kappa shape index (κ3) is 4.00. The molecule has 3 rings (SSSR count). The van der Waals surface area contributed by atoms with E-state index in [0.717, 1.165) is 5.56 Å². The van der Waals surface area contributed by atoms with E-state index in [1.54, 1.807) is 24.3 Å². The zero-order chi connectivity index (χ0) is 19.6. The molecule has 0 spiro atoms. The number of aromatic nitrogens is 2. The lowest BCUT2D eigenvalue weighted by Gasteiger charge is -2.38. The Labute approximate surface area is 154 Å². The number of aliphatic hydroxyl groups is 2. The number of H-pyrrole nitrogens is 1. The van der Waals surface area contributed by atoms with Gasteiger partial charge in [-0.15, -0.1) is 0 Å². The van der Waals surface area contributed by atoms with Crippen LogP contribution in [0.5, 0.6) is 0 Å². The Morgan fingerprint density at radius 2 is 1.85 bits per heavy atom. The van der Waals surface area contributed by atoms with Crippen molar-refractivity contribution < 1.29 is 15.0 Å². The van der Waals surface area contributed by atoms with Gasteiger partial charge in [0.05, 0.1) is 12.1 Å². The van der Waals surface area contributed by atoms with Crippen molar-refractivity contribution in [3.8, 4) is 0 Å². The van der Waals surface area contributed by atoms with E-state index in [9.17, 15) is 24.6 Å². The smallest absolute Gasteiger partial charge is 0.328 e. The summed E-state index contributed by atoms with van der Waals surface area (Å²) in [5.41, 5.74) is 5.67. The summed E-state index contributed by atoms with van der Waals surface area (Å²) in [6.45, 7) is 0.376. The van der Waals surface area contributed by atoms with Gasteiger partial charge in [-0.25, -0.2) is 4.79 Å². The van der Waals surface area contributed by atoms with Crippen LogP contribution in [0.15, 0.2) is 46.1 Å². The first-order valence-corrected chi connectivity index (χ1v) is 8.68. The standard InChI is InChI=1S/C18H22N4O5/c19-9-10-1-3-11(4-2-10)17(26)20-12-5-6-13(16(25)15(12)24)22-8-7-14(23)21-18(22)27/h1-4,7-8,12-13,15-16,24-25H,5-6,9,19H2,(H,20,26)(H,21,23,27)/t12-,13-,15-,16+/m1/s1. The van der Waals surface area contributed by atoms with Crippen molar-refractivity contribution in [2.75, 3.05) is 0 Å². The number of hydrogen-bond donors (Lipinski definition) is 5. The lowest BCUT2D eigenvalue weighted by atomic mass is 9.85. The molecule has 4 atom stereocenters. The number of hydrogen-bond acceptors (Lipinski definition) is 6. The molecule has 1 aliphatic rings. The van der Waals surface area contributed by atoms with E-state index in [2.05, 4.69) is 10.3 Å². The zero-order valence-electron chi connectivity index (χ0n) is 14.5. The normalized spacial score (nSPS) is 25.1. The number of rotatable bonds is 4. The fourth-order valence-electron chi connectivity index (χ4n) is 3.35. The molecule has 9 nitrogen and oxygen atoms in total. The fourth-order valence-corrected chi connectivity index (χ4v) is 3.35. The third-order valence-corrected chi connectivity index (χ3v) is 4.91. The minimum Gasteiger partial charge on any atom is -0.388 e. The number of carbonyl (C=O) groups excluding carboxylic acids is 1. The van der Waals surface area contributed by atoms with E-state index in [-0.39, 0.29) is 5.91 Å². The summed E-state index contributed by atoms with van der Waals surface area (Å²) in [6.07, 6.45) is -0.524. The van der Waals surface area contributed by atoms with Gasteiger partial charge in [-0.1, -0.05) is 12.1 Å². The highest BCUT2D eigenvalue weighted by Gasteiger charge is 2.39. The van der Waals surface area contributed by atoms with Gasteiger partial charge in [0.2, 0.25) is 0 Å². The van der Waals surface area contributed by atoms with Gasteiger partial charge in [0.1, 0.15) is 12.2 Å². The van der Waals surface area contributed by atoms with Crippen molar-refractivity contribution >= 4 is 5.91 Å².